The third-order valence-corrected chi connectivity index (χ3v) is 7.85. The highest BCUT2D eigenvalue weighted by Crippen LogP contribution is 2.13. The molecule has 1 aromatic rings. The van der Waals surface area contributed by atoms with E-state index >= 15 is 0 Å². The molecule has 0 saturated carbocycles. The predicted octanol–water partition coefficient (Wildman–Crippen LogP) is 1.49. The van der Waals surface area contributed by atoms with Gasteiger partial charge in [0.1, 0.15) is 6.04 Å². The van der Waals surface area contributed by atoms with Crippen LogP contribution in [0.15, 0.2) is 41.9 Å². The molecule has 0 spiro atoms. The maximum atomic E-state index is 12.6. The van der Waals surface area contributed by atoms with Crippen molar-refractivity contribution in [3.8, 4) is 0 Å². The van der Waals surface area contributed by atoms with Crippen molar-refractivity contribution in [3.05, 3.63) is 42.5 Å². The van der Waals surface area contributed by atoms with Gasteiger partial charge in [-0.2, -0.15) is 0 Å². The molecular formula is C36H58N10O8. The Kier molecular flexibility index (Phi) is 24.8. The molecule has 0 bridgehead atoms. The Morgan fingerprint density at radius 3 is 1.74 bits per heavy atom. The van der Waals surface area contributed by atoms with Crippen LogP contribution in [-0.4, -0.2) is 84.8 Å². The number of carbonyl (C=O) groups is 7. The van der Waals surface area contributed by atoms with Crippen molar-refractivity contribution < 1.29 is 38.7 Å². The maximum Gasteiger partial charge on any atom is 0.334 e. The zero-order chi connectivity index (χ0) is 40.0. The average molecular weight is 759 g/mol. The molecule has 300 valence electrons. The third-order valence-electron chi connectivity index (χ3n) is 7.85. The number of hydrogen-bond donors (Lipinski definition) is 10. The minimum Gasteiger partial charge on any atom is -0.481 e. The van der Waals surface area contributed by atoms with Crippen LogP contribution in [-0.2, 0) is 24.0 Å². The minimum absolute atomic E-state index is 0.00345. The fraction of sp³-hybridized carbons (Fsp3) is 0.556. The van der Waals surface area contributed by atoms with Crippen molar-refractivity contribution in [1.82, 2.24) is 37.4 Å². The summed E-state index contributed by atoms with van der Waals surface area (Å²) in [5, 5.41) is 22.6. The average Bonchev–Trinajstić information content (AvgIpc) is 3.13. The summed E-state index contributed by atoms with van der Waals surface area (Å²) in [4.78, 5) is 87.5. The Morgan fingerprint density at radius 2 is 1.22 bits per heavy atom. The molecule has 12 N–H and O–H groups in total. The first-order valence-electron chi connectivity index (χ1n) is 18.4. The molecule has 18 heteroatoms. The van der Waals surface area contributed by atoms with E-state index in [2.05, 4.69) is 49.0 Å². The quantitative estimate of drug-likeness (QED) is 0.0193. The molecule has 18 nitrogen and oxygen atoms in total. The van der Waals surface area contributed by atoms with E-state index in [0.29, 0.717) is 44.6 Å². The number of nitrogens with two attached hydrogens (primary N) is 2. The highest BCUT2D eigenvalue weighted by Gasteiger charge is 2.23. The van der Waals surface area contributed by atoms with E-state index in [1.54, 1.807) is 6.07 Å². The second-order valence-corrected chi connectivity index (χ2v) is 12.5. The molecule has 0 fully saturated rings. The van der Waals surface area contributed by atoms with Crippen molar-refractivity contribution in [3.63, 3.8) is 0 Å². The zero-order valence-corrected chi connectivity index (χ0v) is 31.0. The fourth-order valence-corrected chi connectivity index (χ4v) is 5.01. The van der Waals surface area contributed by atoms with Crippen LogP contribution in [0.1, 0.15) is 107 Å². The number of aliphatic imine (C=N–C) groups is 1. The molecule has 0 aliphatic rings. The summed E-state index contributed by atoms with van der Waals surface area (Å²) in [7, 11) is 0. The van der Waals surface area contributed by atoms with Crippen LogP contribution in [0.5, 0.6) is 0 Å². The number of carboxylic acid groups (broad SMARTS) is 1. The van der Waals surface area contributed by atoms with Crippen LogP contribution in [0.4, 0.5) is 10.5 Å². The summed E-state index contributed by atoms with van der Waals surface area (Å²) < 4.78 is 0. The molecule has 0 unspecified atom stereocenters. The van der Waals surface area contributed by atoms with E-state index < -0.39 is 36.3 Å². The molecule has 1 aromatic carbocycles. The van der Waals surface area contributed by atoms with Gasteiger partial charge in [0.15, 0.2) is 5.96 Å². The number of nitrogens with zero attached hydrogens (tertiary/aromatic N) is 1. The van der Waals surface area contributed by atoms with Gasteiger partial charge in [-0.05, 0) is 62.8 Å². The maximum absolute atomic E-state index is 12.6. The van der Waals surface area contributed by atoms with E-state index in [0.717, 1.165) is 70.6 Å². The molecule has 0 aliphatic carbocycles. The first kappa shape index (κ1) is 46.3. The molecule has 0 radical (unpaired) electrons. The lowest BCUT2D eigenvalue weighted by atomic mass is 10.1. The summed E-state index contributed by atoms with van der Waals surface area (Å²) in [6.07, 6.45) is 11.5. The molecule has 7 amide bonds. The molecule has 54 heavy (non-hydrogen) atoms. The molecule has 0 saturated heterocycles. The largest absolute Gasteiger partial charge is 0.481 e. The lowest BCUT2D eigenvalue weighted by molar-refractivity contribution is -0.139. The zero-order valence-electron chi connectivity index (χ0n) is 31.0. The molecule has 0 aliphatic heterocycles. The van der Waals surface area contributed by atoms with Crippen LogP contribution in [0.25, 0.3) is 0 Å². The summed E-state index contributed by atoms with van der Waals surface area (Å²) in [5.41, 5.74) is 15.4. The number of carbonyl (C=O) groups excluding carboxylic acids is 6. The van der Waals surface area contributed by atoms with Gasteiger partial charge in [-0.1, -0.05) is 51.2 Å². The van der Waals surface area contributed by atoms with Crippen LogP contribution >= 0.6 is 0 Å². The van der Waals surface area contributed by atoms with Crippen molar-refractivity contribution >= 4 is 53.2 Å². The van der Waals surface area contributed by atoms with Gasteiger partial charge in [-0.25, -0.2) is 15.2 Å². The molecule has 0 aromatic heterocycles. The first-order chi connectivity index (χ1) is 25.9. The van der Waals surface area contributed by atoms with Crippen LogP contribution in [0.3, 0.4) is 0 Å². The topological polar surface area (TPSA) is 288 Å². The smallest absolute Gasteiger partial charge is 0.334 e. The number of hydrazine groups is 1. The Balaban J connectivity index is 2.10. The molecular weight excluding hydrogens is 700 g/mol. The number of benzene rings is 1. The lowest BCUT2D eigenvalue weighted by Gasteiger charge is -2.17. The number of carboxylic acids is 1. The van der Waals surface area contributed by atoms with Crippen LogP contribution in [0.2, 0.25) is 0 Å². The number of urea groups is 1. The van der Waals surface area contributed by atoms with Crippen molar-refractivity contribution in [1.29, 1.82) is 0 Å². The van der Waals surface area contributed by atoms with Gasteiger partial charge in [0, 0.05) is 44.6 Å². The number of rotatable bonds is 28. The SMILES string of the molecule is C=CC(=O)NCCCCCCC(=O)NCCCCCCC(=O)NCCCCCCNC(=O)[C@@H](CC(=O)O)NC(=O)NNC(=O)c1cccc(N=C(N)N)c1. The summed E-state index contributed by atoms with van der Waals surface area (Å²) >= 11 is 0. The highest BCUT2D eigenvalue weighted by atomic mass is 16.4. The van der Waals surface area contributed by atoms with Crippen LogP contribution in [0, 0.1) is 0 Å². The lowest BCUT2D eigenvalue weighted by Crippen LogP contribution is -2.54. The van der Waals surface area contributed by atoms with E-state index in [1.165, 1.54) is 24.3 Å². The number of guanidine groups is 1. The van der Waals surface area contributed by atoms with E-state index in [-0.39, 0.29) is 35.8 Å². The van der Waals surface area contributed by atoms with Gasteiger partial charge < -0.3 is 43.2 Å². The molecule has 1 atom stereocenters. The van der Waals surface area contributed by atoms with Gasteiger partial charge >= 0.3 is 12.0 Å². The van der Waals surface area contributed by atoms with Gasteiger partial charge in [-0.15, -0.1) is 0 Å². The van der Waals surface area contributed by atoms with Gasteiger partial charge in [-0.3, -0.25) is 34.2 Å². The number of amides is 7. The number of nitrogens with one attached hydrogen (secondary N) is 7. The van der Waals surface area contributed by atoms with Crippen molar-refractivity contribution in [2.24, 2.45) is 16.5 Å². The Hall–Kier alpha value is -5.68. The van der Waals surface area contributed by atoms with Crippen molar-refractivity contribution in [2.75, 3.05) is 26.2 Å². The predicted molar refractivity (Wildman–Crippen MR) is 204 cm³/mol. The summed E-state index contributed by atoms with van der Waals surface area (Å²) in [6, 6.07) is 3.56. The van der Waals surface area contributed by atoms with Crippen molar-refractivity contribution in [2.45, 2.75) is 102 Å². The third kappa shape index (κ3) is 24.5. The Labute approximate surface area is 316 Å². The minimum atomic E-state index is -1.39. The Morgan fingerprint density at radius 1 is 0.704 bits per heavy atom. The van der Waals surface area contributed by atoms with Gasteiger partial charge in [0.05, 0.1) is 12.1 Å². The van der Waals surface area contributed by atoms with Gasteiger partial charge in [0.25, 0.3) is 5.91 Å². The standard InChI is InChI=1S/C36H58N10O8/c1-2-29(47)39-20-11-5-3-9-18-30(48)40-21-12-6-4-10-19-31(49)41-22-13-7-8-14-23-42-34(53)28(25-32(50)51)44-36(54)46-45-33(52)26-16-15-17-27(24-26)43-35(37)38/h2,15-17,24,28H,1,3-14,18-23,25H2,(H,39,47)(H,40,48)(H,41,49)(H,42,53)(H,45,52)(H,50,51)(H4,37,38,43)(H2,44,46,54)/t28-/m1/s1. The first-order valence-corrected chi connectivity index (χ1v) is 18.4. The summed E-state index contributed by atoms with van der Waals surface area (Å²) in [5.74, 6) is -3.01. The van der Waals surface area contributed by atoms with E-state index in [9.17, 15) is 38.7 Å². The number of aliphatic carboxylic acids is 1. The number of hydrogen-bond acceptors (Lipinski definition) is 8. The van der Waals surface area contributed by atoms with E-state index in [1.807, 2.05) is 0 Å². The highest BCUT2D eigenvalue weighted by molar-refractivity contribution is 5.97. The molecule has 1 rings (SSSR count). The van der Waals surface area contributed by atoms with E-state index in [4.69, 9.17) is 11.5 Å². The second-order valence-electron chi connectivity index (χ2n) is 12.5. The van der Waals surface area contributed by atoms with Gasteiger partial charge in [0.2, 0.25) is 23.6 Å². The fourth-order valence-electron chi connectivity index (χ4n) is 5.01. The second kappa shape index (κ2) is 28.9. The Bertz CT molecular complexity index is 1400. The normalized spacial score (nSPS) is 10.9. The summed E-state index contributed by atoms with van der Waals surface area (Å²) in [6.45, 7) is 5.45. The monoisotopic (exact) mass is 758 g/mol. The molecule has 0 heterocycles. The number of unbranched alkanes of at least 4 members (excludes halogenated alkanes) is 9. The van der Waals surface area contributed by atoms with Crippen LogP contribution < -0.4 is 48.9 Å².